The first-order chi connectivity index (χ1) is 22.1. The van der Waals surface area contributed by atoms with E-state index in [9.17, 15) is 28.1 Å². The first-order valence-corrected chi connectivity index (χ1v) is 16.6. The van der Waals surface area contributed by atoms with Gasteiger partial charge < -0.3 is 10.1 Å². The summed E-state index contributed by atoms with van der Waals surface area (Å²) < 4.78 is 33.8. The van der Waals surface area contributed by atoms with Gasteiger partial charge in [0.05, 0.1) is 9.82 Å². The zero-order chi connectivity index (χ0) is 33.1. The van der Waals surface area contributed by atoms with Gasteiger partial charge in [-0.2, -0.15) is 0 Å². The van der Waals surface area contributed by atoms with Crippen molar-refractivity contribution in [2.24, 2.45) is 0 Å². The van der Waals surface area contributed by atoms with Crippen LogP contribution in [-0.4, -0.2) is 31.2 Å². The molecule has 4 aromatic carbocycles. The Hall–Kier alpha value is -4.74. The Morgan fingerprint density at radius 2 is 1.54 bits per heavy atom. The van der Waals surface area contributed by atoms with Crippen molar-refractivity contribution in [2.75, 3.05) is 0 Å². The van der Waals surface area contributed by atoms with Gasteiger partial charge in [-0.15, -0.1) is 0 Å². The molecule has 0 radical (unpaired) electrons. The van der Waals surface area contributed by atoms with Gasteiger partial charge in [-0.25, -0.2) is 13.1 Å². The number of ether oxygens (including phenoxy) is 1. The summed E-state index contributed by atoms with van der Waals surface area (Å²) in [5, 5.41) is 13.6. The summed E-state index contributed by atoms with van der Waals surface area (Å²) in [6, 6.07) is 26.7. The number of sulfonamides is 1. The Morgan fingerprint density at radius 1 is 0.891 bits per heavy atom. The van der Waals surface area contributed by atoms with E-state index in [-0.39, 0.29) is 17.9 Å². The van der Waals surface area contributed by atoms with Crippen LogP contribution in [0.25, 0.3) is 11.1 Å². The number of halogens is 1. The lowest BCUT2D eigenvalue weighted by Gasteiger charge is -2.19. The SMILES string of the molecule is CCCCCC(=O)N[C@@H](Cc1ccc(OCc2ccc(-c3ccccc3)cc2)cc1)C(=O)NS(=O)(=O)c1ccc(Cl)c([N+](=O)[O-])c1. The van der Waals surface area contributed by atoms with Crippen molar-refractivity contribution in [2.45, 2.75) is 56.6 Å². The molecule has 2 N–H and O–H groups in total. The molecular weight excluding hydrogens is 630 g/mol. The topological polar surface area (TPSA) is 145 Å². The molecule has 0 aromatic heterocycles. The smallest absolute Gasteiger partial charge is 0.289 e. The highest BCUT2D eigenvalue weighted by Crippen LogP contribution is 2.27. The molecule has 0 unspecified atom stereocenters. The highest BCUT2D eigenvalue weighted by molar-refractivity contribution is 7.90. The van der Waals surface area contributed by atoms with Gasteiger partial charge in [0.25, 0.3) is 21.6 Å². The van der Waals surface area contributed by atoms with E-state index in [0.29, 0.717) is 24.3 Å². The van der Waals surface area contributed by atoms with Crippen LogP contribution in [0.4, 0.5) is 5.69 Å². The van der Waals surface area contributed by atoms with Crippen molar-refractivity contribution in [1.29, 1.82) is 0 Å². The average molecular weight is 664 g/mol. The van der Waals surface area contributed by atoms with Crippen LogP contribution in [0.2, 0.25) is 5.02 Å². The van der Waals surface area contributed by atoms with Gasteiger partial charge in [0.15, 0.2) is 0 Å². The lowest BCUT2D eigenvalue weighted by molar-refractivity contribution is -0.384. The number of carbonyl (C=O) groups excluding carboxylic acids is 2. The molecule has 240 valence electrons. The zero-order valence-corrected chi connectivity index (χ0v) is 26.7. The number of nitro benzene ring substituents is 1. The van der Waals surface area contributed by atoms with Crippen LogP contribution in [0.15, 0.2) is 102 Å². The van der Waals surface area contributed by atoms with E-state index in [1.807, 2.05) is 66.2 Å². The highest BCUT2D eigenvalue weighted by Gasteiger charge is 2.28. The second-order valence-corrected chi connectivity index (χ2v) is 12.7. The number of nitrogens with one attached hydrogen (secondary N) is 2. The zero-order valence-electron chi connectivity index (χ0n) is 25.1. The molecule has 0 bridgehead atoms. The van der Waals surface area contributed by atoms with Gasteiger partial charge in [0.1, 0.15) is 23.4 Å². The maximum atomic E-state index is 13.2. The molecule has 0 spiro atoms. The molecule has 0 heterocycles. The maximum Gasteiger partial charge on any atom is 0.289 e. The van der Waals surface area contributed by atoms with E-state index in [1.165, 1.54) is 0 Å². The monoisotopic (exact) mass is 663 g/mol. The fourth-order valence-electron chi connectivity index (χ4n) is 4.62. The number of carbonyl (C=O) groups is 2. The average Bonchev–Trinajstić information content (AvgIpc) is 3.04. The fourth-order valence-corrected chi connectivity index (χ4v) is 5.85. The minimum atomic E-state index is -4.52. The number of rotatable bonds is 15. The standard InChI is InChI=1S/C34H34ClN3O7S/c1-2-3-5-10-33(39)36-31(34(40)37-46(43,44)29-19-20-30(35)32(22-29)38(41)42)21-24-13-17-28(18-14-24)45-23-25-11-15-27(16-12-25)26-8-6-4-7-9-26/h4,6-9,11-20,22,31H,2-3,5,10,21,23H2,1H3,(H,36,39)(H,37,40)/t31-/m0/s1. The molecule has 46 heavy (non-hydrogen) atoms. The van der Waals surface area contributed by atoms with Crippen LogP contribution in [-0.2, 0) is 32.6 Å². The van der Waals surface area contributed by atoms with Gasteiger partial charge in [-0.1, -0.05) is 98.1 Å². The summed E-state index contributed by atoms with van der Waals surface area (Å²) in [6.45, 7) is 2.34. The molecule has 4 aromatic rings. The van der Waals surface area contributed by atoms with Gasteiger partial charge in [-0.3, -0.25) is 19.7 Å². The van der Waals surface area contributed by atoms with Crippen LogP contribution in [0.5, 0.6) is 5.75 Å². The minimum Gasteiger partial charge on any atom is -0.489 e. The van der Waals surface area contributed by atoms with E-state index in [0.717, 1.165) is 47.7 Å². The molecule has 0 aliphatic carbocycles. The van der Waals surface area contributed by atoms with Crippen molar-refractivity contribution >= 4 is 39.1 Å². The van der Waals surface area contributed by atoms with Crippen molar-refractivity contribution in [3.05, 3.63) is 123 Å². The van der Waals surface area contributed by atoms with E-state index in [4.69, 9.17) is 16.3 Å². The third kappa shape index (κ3) is 9.63. The molecule has 0 aliphatic heterocycles. The van der Waals surface area contributed by atoms with Crippen LogP contribution in [0, 0.1) is 10.1 Å². The molecular formula is C34H34ClN3O7S. The van der Waals surface area contributed by atoms with E-state index in [1.54, 1.807) is 24.3 Å². The normalized spacial score (nSPS) is 11.8. The second kappa shape index (κ2) is 16.0. The molecule has 2 amide bonds. The molecule has 0 fully saturated rings. The van der Waals surface area contributed by atoms with Gasteiger partial charge >= 0.3 is 0 Å². The number of nitro groups is 1. The number of amides is 2. The third-order valence-electron chi connectivity index (χ3n) is 7.15. The van der Waals surface area contributed by atoms with Crippen LogP contribution < -0.4 is 14.8 Å². The lowest BCUT2D eigenvalue weighted by atomic mass is 10.0. The lowest BCUT2D eigenvalue weighted by Crippen LogP contribution is -2.49. The molecule has 4 rings (SSSR count). The molecule has 0 aliphatic rings. The quantitative estimate of drug-likeness (QED) is 0.0827. The Bertz CT molecular complexity index is 1770. The third-order valence-corrected chi connectivity index (χ3v) is 8.81. The molecule has 12 heteroatoms. The van der Waals surface area contributed by atoms with Crippen LogP contribution >= 0.6 is 11.6 Å². The van der Waals surface area contributed by atoms with Crippen molar-refractivity contribution in [3.63, 3.8) is 0 Å². The number of unbranched alkanes of at least 4 members (excludes halogenated alkanes) is 2. The van der Waals surface area contributed by atoms with Gasteiger partial charge in [-0.05, 0) is 52.9 Å². The van der Waals surface area contributed by atoms with Crippen molar-refractivity contribution in [1.82, 2.24) is 10.0 Å². The number of nitrogens with zero attached hydrogens (tertiary/aromatic N) is 1. The summed E-state index contributed by atoms with van der Waals surface area (Å²) in [5.41, 5.74) is 3.24. The molecule has 10 nitrogen and oxygen atoms in total. The van der Waals surface area contributed by atoms with Gasteiger partial charge in [0.2, 0.25) is 5.91 Å². The van der Waals surface area contributed by atoms with Crippen LogP contribution in [0.3, 0.4) is 0 Å². The molecule has 1 atom stereocenters. The maximum absolute atomic E-state index is 13.2. The Balaban J connectivity index is 1.43. The largest absolute Gasteiger partial charge is 0.489 e. The van der Waals surface area contributed by atoms with E-state index in [2.05, 4.69) is 5.32 Å². The predicted octanol–water partition coefficient (Wildman–Crippen LogP) is 6.61. The Labute approximate surface area is 273 Å². The minimum absolute atomic E-state index is 0.0110. The van der Waals surface area contributed by atoms with Crippen molar-refractivity contribution < 1.29 is 27.7 Å². The summed E-state index contributed by atoms with van der Waals surface area (Å²) in [4.78, 5) is 35.8. The number of benzene rings is 4. The number of hydrogen-bond acceptors (Lipinski definition) is 7. The van der Waals surface area contributed by atoms with E-state index >= 15 is 0 Å². The molecule has 0 saturated heterocycles. The highest BCUT2D eigenvalue weighted by atomic mass is 35.5. The van der Waals surface area contributed by atoms with Crippen molar-refractivity contribution in [3.8, 4) is 16.9 Å². The summed E-state index contributed by atoms with van der Waals surface area (Å²) in [7, 11) is -4.52. The Kier molecular flexibility index (Phi) is 11.9. The summed E-state index contributed by atoms with van der Waals surface area (Å²) in [5.74, 6) is -0.792. The Morgan fingerprint density at radius 3 is 2.20 bits per heavy atom. The molecule has 0 saturated carbocycles. The van der Waals surface area contributed by atoms with E-state index < -0.39 is 43.4 Å². The van der Waals surface area contributed by atoms with Crippen LogP contribution in [0.1, 0.15) is 43.7 Å². The first kappa shape index (κ1) is 34.1. The first-order valence-electron chi connectivity index (χ1n) is 14.7. The fraction of sp³-hybridized carbons (Fsp3) is 0.235. The van der Waals surface area contributed by atoms with Gasteiger partial charge in [0, 0.05) is 18.9 Å². The number of hydrogen-bond donors (Lipinski definition) is 2. The second-order valence-electron chi connectivity index (χ2n) is 10.6. The summed E-state index contributed by atoms with van der Waals surface area (Å²) in [6.07, 6.45) is 2.50. The summed E-state index contributed by atoms with van der Waals surface area (Å²) >= 11 is 5.81. The predicted molar refractivity (Wildman–Crippen MR) is 176 cm³/mol.